The molecule has 0 saturated heterocycles. The van der Waals surface area contributed by atoms with Crippen LogP contribution in [0.4, 0.5) is 10.1 Å². The molecule has 0 bridgehead atoms. The number of benzene rings is 1. The quantitative estimate of drug-likeness (QED) is 0.893. The summed E-state index contributed by atoms with van der Waals surface area (Å²) >= 11 is 1.54. The molecule has 114 valence electrons. The van der Waals surface area contributed by atoms with Crippen LogP contribution in [-0.2, 0) is 25.8 Å². The van der Waals surface area contributed by atoms with Gasteiger partial charge in [-0.1, -0.05) is 6.07 Å². The number of halogens is 1. The van der Waals surface area contributed by atoms with Crippen molar-refractivity contribution in [1.82, 2.24) is 5.32 Å². The smallest absolute Gasteiger partial charge is 0.265 e. The van der Waals surface area contributed by atoms with E-state index in [0.29, 0.717) is 23.5 Å². The highest BCUT2D eigenvalue weighted by atomic mass is 32.1. The number of carbonyl (C=O) groups excluding carboxylic acids is 1. The molecule has 0 spiro atoms. The fourth-order valence-electron chi connectivity index (χ4n) is 3.25. The number of carbonyl (C=O) groups is 1. The van der Waals surface area contributed by atoms with Gasteiger partial charge in [0.25, 0.3) is 5.91 Å². The Balaban J connectivity index is 1.59. The summed E-state index contributed by atoms with van der Waals surface area (Å²) in [5, 5.41) is 5.97. The number of hydrogen-bond donors (Lipinski definition) is 2. The maximum Gasteiger partial charge on any atom is 0.265 e. The van der Waals surface area contributed by atoms with E-state index in [9.17, 15) is 9.18 Å². The molecule has 5 heteroatoms. The van der Waals surface area contributed by atoms with Crippen LogP contribution in [0.25, 0.3) is 0 Å². The van der Waals surface area contributed by atoms with E-state index in [2.05, 4.69) is 10.6 Å². The van der Waals surface area contributed by atoms with Crippen LogP contribution in [0, 0.1) is 5.82 Å². The molecule has 1 aromatic carbocycles. The van der Waals surface area contributed by atoms with Crippen LogP contribution in [0.15, 0.2) is 18.2 Å². The Kier molecular flexibility index (Phi) is 3.47. The molecule has 1 aliphatic heterocycles. The minimum atomic E-state index is -0.281. The molecule has 2 aliphatic rings. The maximum absolute atomic E-state index is 14.6. The first-order chi connectivity index (χ1) is 10.7. The van der Waals surface area contributed by atoms with Crippen molar-refractivity contribution in [2.75, 3.05) is 11.9 Å². The van der Waals surface area contributed by atoms with Gasteiger partial charge in [0.05, 0.1) is 10.6 Å². The van der Waals surface area contributed by atoms with Crippen molar-refractivity contribution >= 4 is 22.9 Å². The van der Waals surface area contributed by atoms with E-state index in [1.165, 1.54) is 28.2 Å². The lowest BCUT2D eigenvalue weighted by atomic mass is 9.99. The van der Waals surface area contributed by atoms with Crippen LogP contribution in [0.5, 0.6) is 0 Å². The molecule has 2 N–H and O–H groups in total. The number of rotatable bonds is 2. The molecule has 2 heterocycles. The Bertz CT molecular complexity index is 732. The van der Waals surface area contributed by atoms with Gasteiger partial charge in [0.15, 0.2) is 0 Å². The van der Waals surface area contributed by atoms with Gasteiger partial charge >= 0.3 is 0 Å². The van der Waals surface area contributed by atoms with Crippen LogP contribution in [-0.4, -0.2) is 12.5 Å². The van der Waals surface area contributed by atoms with Gasteiger partial charge in [-0.2, -0.15) is 0 Å². The van der Waals surface area contributed by atoms with Gasteiger partial charge in [-0.25, -0.2) is 4.39 Å². The number of anilines is 1. The van der Waals surface area contributed by atoms with Crippen LogP contribution in [0.1, 0.15) is 37.7 Å². The highest BCUT2D eigenvalue weighted by Crippen LogP contribution is 2.31. The van der Waals surface area contributed by atoms with Gasteiger partial charge in [-0.05, 0) is 61.1 Å². The zero-order valence-electron chi connectivity index (χ0n) is 12.2. The number of nitrogens with one attached hydrogen (secondary N) is 2. The number of amides is 1. The Morgan fingerprint density at radius 3 is 3.00 bits per heavy atom. The van der Waals surface area contributed by atoms with Gasteiger partial charge < -0.3 is 10.6 Å². The summed E-state index contributed by atoms with van der Waals surface area (Å²) in [6, 6.07) is 5.53. The summed E-state index contributed by atoms with van der Waals surface area (Å²) in [7, 11) is 0. The van der Waals surface area contributed by atoms with Crippen LogP contribution in [0.3, 0.4) is 0 Å². The monoisotopic (exact) mass is 316 g/mol. The third kappa shape index (κ3) is 2.34. The molecule has 3 nitrogen and oxygen atoms in total. The van der Waals surface area contributed by atoms with Gasteiger partial charge in [0.2, 0.25) is 0 Å². The number of thiophene rings is 1. The Hall–Kier alpha value is -1.72. The molecule has 0 saturated carbocycles. The van der Waals surface area contributed by atoms with E-state index in [0.717, 1.165) is 30.5 Å². The zero-order valence-corrected chi connectivity index (χ0v) is 13.0. The first kappa shape index (κ1) is 13.9. The first-order valence-electron chi connectivity index (χ1n) is 7.66. The molecular weight excluding hydrogens is 299 g/mol. The molecule has 2 aromatic rings. The number of fused-ring (bicyclic) bond motifs is 2. The predicted molar refractivity (Wildman–Crippen MR) is 86.1 cm³/mol. The van der Waals surface area contributed by atoms with Gasteiger partial charge in [-0.15, -0.1) is 11.3 Å². The molecule has 1 amide bonds. The average Bonchev–Trinajstić information content (AvgIpc) is 3.12. The largest absolute Gasteiger partial charge is 0.319 e. The van der Waals surface area contributed by atoms with Gasteiger partial charge in [0, 0.05) is 11.4 Å². The standard InChI is InChI=1S/C17H17FN2OS/c18-16-12-6-7-19-9-11(12)4-5-13(16)20-17(21)15-8-10-2-1-3-14(10)22-15/h4-5,8,19H,1-3,6-7,9H2,(H,20,21). The fourth-order valence-corrected chi connectivity index (χ4v) is 4.40. The first-order valence-corrected chi connectivity index (χ1v) is 8.48. The summed E-state index contributed by atoms with van der Waals surface area (Å²) in [4.78, 5) is 14.4. The summed E-state index contributed by atoms with van der Waals surface area (Å²) in [5.74, 6) is -0.483. The second-order valence-corrected chi connectivity index (χ2v) is 7.00. The Morgan fingerprint density at radius 1 is 1.23 bits per heavy atom. The van der Waals surface area contributed by atoms with Crippen molar-refractivity contribution < 1.29 is 9.18 Å². The van der Waals surface area contributed by atoms with Gasteiger partial charge in [0.1, 0.15) is 5.82 Å². The van der Waals surface area contributed by atoms with E-state index >= 15 is 0 Å². The summed E-state index contributed by atoms with van der Waals surface area (Å²) < 4.78 is 14.6. The molecule has 4 rings (SSSR count). The maximum atomic E-state index is 14.6. The molecule has 0 radical (unpaired) electrons. The molecule has 0 unspecified atom stereocenters. The highest BCUT2D eigenvalue weighted by molar-refractivity contribution is 7.14. The highest BCUT2D eigenvalue weighted by Gasteiger charge is 2.21. The van der Waals surface area contributed by atoms with Crippen molar-refractivity contribution in [3.05, 3.63) is 50.5 Å². The Labute approximate surface area is 132 Å². The summed E-state index contributed by atoms with van der Waals surface area (Å²) in [6.45, 7) is 1.47. The van der Waals surface area contributed by atoms with E-state index in [1.54, 1.807) is 6.07 Å². The van der Waals surface area contributed by atoms with Gasteiger partial charge in [-0.3, -0.25) is 4.79 Å². The van der Waals surface area contributed by atoms with Crippen molar-refractivity contribution in [3.63, 3.8) is 0 Å². The zero-order chi connectivity index (χ0) is 15.1. The van der Waals surface area contributed by atoms with Crippen molar-refractivity contribution in [2.45, 2.75) is 32.2 Å². The summed E-state index contributed by atoms with van der Waals surface area (Å²) in [6.07, 6.45) is 3.96. The second-order valence-electron chi connectivity index (χ2n) is 5.86. The van der Waals surface area contributed by atoms with Crippen LogP contribution >= 0.6 is 11.3 Å². The second kappa shape index (κ2) is 5.48. The average molecular weight is 316 g/mol. The lowest BCUT2D eigenvalue weighted by Gasteiger charge is -2.19. The molecule has 22 heavy (non-hydrogen) atoms. The normalized spacial score (nSPS) is 16.2. The molecule has 0 fully saturated rings. The molecular formula is C17H17FN2OS. The third-order valence-electron chi connectivity index (χ3n) is 4.43. The topological polar surface area (TPSA) is 41.1 Å². The predicted octanol–water partition coefficient (Wildman–Crippen LogP) is 3.27. The summed E-state index contributed by atoms with van der Waals surface area (Å²) in [5.41, 5.74) is 3.29. The van der Waals surface area contributed by atoms with E-state index in [-0.39, 0.29) is 11.7 Å². The van der Waals surface area contributed by atoms with Crippen molar-refractivity contribution in [1.29, 1.82) is 0 Å². The third-order valence-corrected chi connectivity index (χ3v) is 5.66. The SMILES string of the molecule is O=C(Nc1ccc2c(c1F)CCNC2)c1cc2c(s1)CCC2. The molecule has 1 aromatic heterocycles. The van der Waals surface area contributed by atoms with E-state index in [4.69, 9.17) is 0 Å². The van der Waals surface area contributed by atoms with E-state index in [1.807, 2.05) is 12.1 Å². The van der Waals surface area contributed by atoms with E-state index < -0.39 is 0 Å². The molecule has 1 aliphatic carbocycles. The fraction of sp³-hybridized carbons (Fsp3) is 0.353. The minimum Gasteiger partial charge on any atom is -0.319 e. The van der Waals surface area contributed by atoms with Crippen molar-refractivity contribution in [2.24, 2.45) is 0 Å². The van der Waals surface area contributed by atoms with Crippen LogP contribution < -0.4 is 10.6 Å². The van der Waals surface area contributed by atoms with Crippen LogP contribution in [0.2, 0.25) is 0 Å². The number of aryl methyl sites for hydroxylation is 2. The lowest BCUT2D eigenvalue weighted by Crippen LogP contribution is -2.25. The van der Waals surface area contributed by atoms with Crippen molar-refractivity contribution in [3.8, 4) is 0 Å². The number of hydrogen-bond acceptors (Lipinski definition) is 3. The lowest BCUT2D eigenvalue weighted by molar-refractivity contribution is 0.103. The minimum absolute atomic E-state index is 0.202. The molecule has 0 atom stereocenters. The Morgan fingerprint density at radius 2 is 2.14 bits per heavy atom.